The van der Waals surface area contributed by atoms with Gasteiger partial charge in [0.2, 0.25) is 10.0 Å². The zero-order valence-corrected chi connectivity index (χ0v) is 12.9. The first-order chi connectivity index (χ1) is 10.4. The van der Waals surface area contributed by atoms with Crippen LogP contribution in [0.4, 0.5) is 4.39 Å². The summed E-state index contributed by atoms with van der Waals surface area (Å²) < 4.78 is 40.2. The van der Waals surface area contributed by atoms with Gasteiger partial charge in [-0.05, 0) is 37.6 Å². The van der Waals surface area contributed by atoms with Crippen molar-refractivity contribution in [3.05, 3.63) is 30.1 Å². The van der Waals surface area contributed by atoms with Crippen molar-refractivity contribution < 1.29 is 22.7 Å². The molecule has 1 saturated heterocycles. The summed E-state index contributed by atoms with van der Waals surface area (Å²) in [6.45, 7) is 1.61. The third-order valence-corrected chi connectivity index (χ3v) is 5.09. The maximum absolute atomic E-state index is 13.2. The van der Waals surface area contributed by atoms with Crippen LogP contribution in [0.1, 0.15) is 19.3 Å². The topological polar surface area (TPSA) is 86.7 Å². The van der Waals surface area contributed by atoms with Gasteiger partial charge in [-0.2, -0.15) is 0 Å². The lowest BCUT2D eigenvalue weighted by Gasteiger charge is -2.32. The number of sulfonamides is 1. The number of rotatable bonds is 6. The Bertz CT molecular complexity index is 635. The number of hydrogen-bond donors (Lipinski definition) is 2. The first-order valence-electron chi connectivity index (χ1n) is 7.09. The van der Waals surface area contributed by atoms with Crippen LogP contribution in [0.3, 0.4) is 0 Å². The molecule has 1 fully saturated rings. The molecular formula is C14H19FN2O4S. The second kappa shape index (κ2) is 7.17. The van der Waals surface area contributed by atoms with Gasteiger partial charge in [0.05, 0.1) is 11.3 Å². The molecule has 1 aromatic rings. The van der Waals surface area contributed by atoms with Gasteiger partial charge in [0.1, 0.15) is 5.82 Å². The van der Waals surface area contributed by atoms with Crippen LogP contribution in [-0.2, 0) is 14.8 Å². The van der Waals surface area contributed by atoms with Gasteiger partial charge in [0.25, 0.3) is 0 Å². The Kier molecular flexibility index (Phi) is 5.49. The van der Waals surface area contributed by atoms with Gasteiger partial charge >= 0.3 is 5.97 Å². The van der Waals surface area contributed by atoms with E-state index in [9.17, 15) is 17.6 Å². The fraction of sp³-hybridized carbons (Fsp3) is 0.500. The third-order valence-electron chi connectivity index (χ3n) is 3.58. The first-order valence-corrected chi connectivity index (χ1v) is 8.57. The number of hydrogen-bond acceptors (Lipinski definition) is 4. The minimum absolute atomic E-state index is 0.0311. The molecule has 0 unspecified atom stereocenters. The number of aliphatic carboxylic acids is 1. The van der Waals surface area contributed by atoms with Crippen molar-refractivity contribution in [2.75, 3.05) is 19.6 Å². The van der Waals surface area contributed by atoms with Crippen LogP contribution < -0.4 is 4.72 Å². The minimum Gasteiger partial charge on any atom is -0.481 e. The summed E-state index contributed by atoms with van der Waals surface area (Å²) in [6, 6.07) is 4.57. The second-order valence-electron chi connectivity index (χ2n) is 5.36. The highest BCUT2D eigenvalue weighted by Gasteiger charge is 2.25. The van der Waals surface area contributed by atoms with E-state index >= 15 is 0 Å². The van der Waals surface area contributed by atoms with Crippen molar-refractivity contribution in [2.24, 2.45) is 0 Å². The molecule has 0 saturated carbocycles. The fourth-order valence-corrected chi connectivity index (χ4v) is 3.82. The molecular weight excluding hydrogens is 311 g/mol. The van der Waals surface area contributed by atoms with Crippen molar-refractivity contribution in [2.45, 2.75) is 30.2 Å². The zero-order chi connectivity index (χ0) is 16.2. The Hall–Kier alpha value is -1.51. The summed E-state index contributed by atoms with van der Waals surface area (Å²) in [7, 11) is -3.77. The van der Waals surface area contributed by atoms with Gasteiger partial charge in [0.15, 0.2) is 0 Å². The predicted octanol–water partition coefficient (Wildman–Crippen LogP) is 1.04. The molecule has 22 heavy (non-hydrogen) atoms. The molecule has 0 spiro atoms. The van der Waals surface area contributed by atoms with E-state index in [1.807, 2.05) is 4.90 Å². The Morgan fingerprint density at radius 2 is 2.23 bits per heavy atom. The molecule has 1 aliphatic rings. The average Bonchev–Trinajstić information content (AvgIpc) is 2.45. The number of likely N-dealkylation sites (tertiary alicyclic amines) is 1. The number of benzene rings is 1. The van der Waals surface area contributed by atoms with E-state index in [1.54, 1.807) is 0 Å². The lowest BCUT2D eigenvalue weighted by atomic mass is 10.1. The van der Waals surface area contributed by atoms with E-state index in [1.165, 1.54) is 18.2 Å². The van der Waals surface area contributed by atoms with Crippen LogP contribution in [0.5, 0.6) is 0 Å². The molecule has 0 aliphatic carbocycles. The highest BCUT2D eigenvalue weighted by molar-refractivity contribution is 7.89. The minimum atomic E-state index is -3.77. The van der Waals surface area contributed by atoms with E-state index < -0.39 is 21.8 Å². The van der Waals surface area contributed by atoms with Crippen LogP contribution in [-0.4, -0.2) is 50.1 Å². The van der Waals surface area contributed by atoms with E-state index in [0.29, 0.717) is 19.5 Å². The second-order valence-corrected chi connectivity index (χ2v) is 7.08. The van der Waals surface area contributed by atoms with E-state index in [-0.39, 0.29) is 17.4 Å². The first kappa shape index (κ1) is 16.9. The zero-order valence-electron chi connectivity index (χ0n) is 12.0. The number of carbonyl (C=O) groups is 1. The van der Waals surface area contributed by atoms with Crippen LogP contribution >= 0.6 is 0 Å². The number of nitrogens with one attached hydrogen (secondary N) is 1. The highest BCUT2D eigenvalue weighted by atomic mass is 32.2. The van der Waals surface area contributed by atoms with Crippen molar-refractivity contribution in [3.63, 3.8) is 0 Å². The van der Waals surface area contributed by atoms with Crippen molar-refractivity contribution in [1.29, 1.82) is 0 Å². The molecule has 122 valence electrons. The summed E-state index contributed by atoms with van der Waals surface area (Å²) in [4.78, 5) is 12.4. The monoisotopic (exact) mass is 330 g/mol. The van der Waals surface area contributed by atoms with Gasteiger partial charge in [0, 0.05) is 19.1 Å². The smallest absolute Gasteiger partial charge is 0.304 e. The number of carboxylic acids is 1. The normalized spacial score (nSPS) is 20.0. The van der Waals surface area contributed by atoms with Crippen molar-refractivity contribution >= 4 is 16.0 Å². The quantitative estimate of drug-likeness (QED) is 0.814. The molecule has 0 radical (unpaired) electrons. The predicted molar refractivity (Wildman–Crippen MR) is 78.4 cm³/mol. The van der Waals surface area contributed by atoms with Gasteiger partial charge < -0.3 is 10.0 Å². The molecule has 2 N–H and O–H groups in total. The van der Waals surface area contributed by atoms with E-state index in [2.05, 4.69) is 4.72 Å². The van der Waals surface area contributed by atoms with Crippen molar-refractivity contribution in [1.82, 2.24) is 9.62 Å². The number of nitrogens with zero attached hydrogens (tertiary/aromatic N) is 1. The molecule has 0 amide bonds. The summed E-state index contributed by atoms with van der Waals surface area (Å²) in [5, 5.41) is 8.70. The Morgan fingerprint density at radius 1 is 1.45 bits per heavy atom. The maximum atomic E-state index is 13.2. The molecule has 6 nitrogen and oxygen atoms in total. The van der Waals surface area contributed by atoms with Crippen LogP contribution in [0, 0.1) is 5.82 Å². The molecule has 1 atom stereocenters. The standard InChI is InChI=1S/C14H19FN2O4S/c15-11-3-1-5-13(9-11)22(20,21)16-12-4-2-7-17(10-12)8-6-14(18)19/h1,3,5,9,12,16H,2,4,6-8,10H2,(H,18,19)/t12-/m0/s1. The molecule has 1 aliphatic heterocycles. The Balaban J connectivity index is 1.98. The number of piperidine rings is 1. The Morgan fingerprint density at radius 3 is 2.91 bits per heavy atom. The number of carboxylic acid groups (broad SMARTS) is 1. The molecule has 0 bridgehead atoms. The van der Waals surface area contributed by atoms with Crippen molar-refractivity contribution in [3.8, 4) is 0 Å². The average molecular weight is 330 g/mol. The molecule has 2 rings (SSSR count). The summed E-state index contributed by atoms with van der Waals surface area (Å²) in [6.07, 6.45) is 1.50. The summed E-state index contributed by atoms with van der Waals surface area (Å²) in [5.74, 6) is -1.47. The molecule has 1 heterocycles. The summed E-state index contributed by atoms with van der Waals surface area (Å²) >= 11 is 0. The van der Waals surface area contributed by atoms with E-state index in [4.69, 9.17) is 5.11 Å². The molecule has 8 heteroatoms. The van der Waals surface area contributed by atoms with Crippen LogP contribution in [0.25, 0.3) is 0 Å². The van der Waals surface area contributed by atoms with Gasteiger partial charge in [-0.1, -0.05) is 6.07 Å². The SMILES string of the molecule is O=C(O)CCN1CCC[C@H](NS(=O)(=O)c2cccc(F)c2)C1. The van der Waals surface area contributed by atoms with Gasteiger partial charge in [-0.25, -0.2) is 17.5 Å². The van der Waals surface area contributed by atoms with Gasteiger partial charge in [-0.3, -0.25) is 4.79 Å². The lowest BCUT2D eigenvalue weighted by Crippen LogP contribution is -2.48. The van der Waals surface area contributed by atoms with Crippen LogP contribution in [0.15, 0.2) is 29.2 Å². The molecule has 0 aromatic heterocycles. The maximum Gasteiger partial charge on any atom is 0.304 e. The fourth-order valence-electron chi connectivity index (χ4n) is 2.53. The van der Waals surface area contributed by atoms with Gasteiger partial charge in [-0.15, -0.1) is 0 Å². The molecule has 1 aromatic carbocycles. The highest BCUT2D eigenvalue weighted by Crippen LogP contribution is 2.15. The number of halogens is 1. The van der Waals surface area contributed by atoms with Crippen LogP contribution in [0.2, 0.25) is 0 Å². The lowest BCUT2D eigenvalue weighted by molar-refractivity contribution is -0.137. The Labute approximate surface area is 129 Å². The van der Waals surface area contributed by atoms with E-state index in [0.717, 1.165) is 19.0 Å². The third kappa shape index (κ3) is 4.75. The summed E-state index contributed by atoms with van der Waals surface area (Å²) in [5.41, 5.74) is 0. The largest absolute Gasteiger partial charge is 0.481 e.